The molecule has 0 aromatic carbocycles. The molecule has 0 saturated heterocycles. The summed E-state index contributed by atoms with van der Waals surface area (Å²) in [6.45, 7) is -0.281. The highest BCUT2D eigenvalue weighted by Gasteiger charge is 2.33. The Bertz CT molecular complexity index is 638. The van der Waals surface area contributed by atoms with E-state index in [9.17, 15) is 18.0 Å². The first kappa shape index (κ1) is 17.7. The topological polar surface area (TPSA) is 77.9 Å². The van der Waals surface area contributed by atoms with Crippen LogP contribution in [0.4, 0.5) is 13.2 Å². The first-order valence-corrected chi connectivity index (χ1v) is 7.19. The average molecular weight is 444 g/mol. The number of rotatable bonds is 5. The predicted octanol–water partition coefficient (Wildman–Crippen LogP) is 2.17. The lowest BCUT2D eigenvalue weighted by atomic mass is 10.1. The number of aromatic carboxylic acids is 1. The van der Waals surface area contributed by atoms with Crippen LogP contribution >= 0.6 is 22.9 Å². The highest BCUT2D eigenvalue weighted by atomic mass is 127. The van der Waals surface area contributed by atoms with Gasteiger partial charge in [0.05, 0.1) is 59.2 Å². The van der Waals surface area contributed by atoms with Crippen LogP contribution < -0.4 is 5.43 Å². The second-order valence-electron chi connectivity index (χ2n) is 4.56. The molecule has 0 atom stereocenters. The van der Waals surface area contributed by atoms with Crippen molar-refractivity contribution in [1.29, 1.82) is 0 Å². The normalized spacial score (nSPS) is 15.5. The number of ether oxygens (including phenoxy) is 1. The summed E-state index contributed by atoms with van der Waals surface area (Å²) in [6.07, 6.45) is -2.93. The molecule has 0 radical (unpaired) electrons. The zero-order chi connectivity index (χ0) is 17.2. The van der Waals surface area contributed by atoms with Gasteiger partial charge in [-0.3, -0.25) is 0 Å². The fourth-order valence-corrected chi connectivity index (χ4v) is 2.23. The molecule has 1 aromatic rings. The Morgan fingerprint density at radius 3 is 2.65 bits per heavy atom. The molecule has 1 aliphatic rings. The summed E-state index contributed by atoms with van der Waals surface area (Å²) >= 11 is 2.01. The van der Waals surface area contributed by atoms with Gasteiger partial charge in [-0.05, 0) is 12.1 Å². The Balaban J connectivity index is 2.08. The minimum Gasteiger partial charge on any atom is -0.478 e. The van der Waals surface area contributed by atoms with E-state index in [4.69, 9.17) is 9.84 Å². The monoisotopic (exact) mass is 444 g/mol. The molecule has 0 saturated carbocycles. The van der Waals surface area contributed by atoms with Crippen molar-refractivity contribution in [2.45, 2.75) is 12.8 Å². The summed E-state index contributed by atoms with van der Waals surface area (Å²) < 4.78 is 45.0. The number of carbonyl (C=O) groups is 1. The van der Waals surface area contributed by atoms with Crippen LogP contribution in [-0.2, 0) is 17.5 Å². The first-order valence-electron chi connectivity index (χ1n) is 6.22. The Morgan fingerprint density at radius 1 is 1.43 bits per heavy atom. The maximum absolute atomic E-state index is 12.7. The van der Waals surface area contributed by atoms with Crippen LogP contribution in [0.15, 0.2) is 24.0 Å². The standard InChI is InChI=1S/C12H12F3IN4O3/c1-19-18-7(4-20(19)16)5-23-6-9-8(11(21)22)2-3-10(17-9)12(13,14)15/h2-4,18H,5-6H2,1H3,(H,21,22). The molecule has 23 heavy (non-hydrogen) atoms. The first-order chi connectivity index (χ1) is 10.7. The van der Waals surface area contributed by atoms with E-state index in [-0.39, 0.29) is 24.5 Å². The molecule has 1 aliphatic heterocycles. The van der Waals surface area contributed by atoms with Gasteiger partial charge in [0, 0.05) is 7.05 Å². The minimum atomic E-state index is -4.65. The lowest BCUT2D eigenvalue weighted by molar-refractivity contribution is -0.141. The summed E-state index contributed by atoms with van der Waals surface area (Å²) in [5.74, 6) is -1.36. The summed E-state index contributed by atoms with van der Waals surface area (Å²) in [7, 11) is 1.76. The van der Waals surface area contributed by atoms with E-state index in [0.717, 1.165) is 6.07 Å². The molecule has 2 N–H and O–H groups in total. The Labute approximate surface area is 143 Å². The molecule has 7 nitrogen and oxygen atoms in total. The van der Waals surface area contributed by atoms with Gasteiger partial charge < -0.3 is 15.3 Å². The lowest BCUT2D eigenvalue weighted by Crippen LogP contribution is -2.33. The number of nitrogens with one attached hydrogen (secondary N) is 1. The van der Waals surface area contributed by atoms with Gasteiger partial charge in [-0.25, -0.2) is 13.0 Å². The number of carboxylic acids is 1. The molecule has 0 spiro atoms. The number of hydrazine groups is 2. The molecule has 0 amide bonds. The minimum absolute atomic E-state index is 0.0703. The second kappa shape index (κ2) is 6.88. The molecule has 126 valence electrons. The highest BCUT2D eigenvalue weighted by molar-refractivity contribution is 14.1. The predicted molar refractivity (Wildman–Crippen MR) is 80.7 cm³/mol. The van der Waals surface area contributed by atoms with Crippen LogP contribution in [0.3, 0.4) is 0 Å². The van der Waals surface area contributed by atoms with Crippen molar-refractivity contribution in [3.63, 3.8) is 0 Å². The molecular formula is C12H12F3IN4O3. The van der Waals surface area contributed by atoms with Gasteiger partial charge in [0.1, 0.15) is 5.69 Å². The molecule has 2 rings (SSSR count). The Morgan fingerprint density at radius 2 is 2.13 bits per heavy atom. The Kier molecular flexibility index (Phi) is 5.31. The number of hydrogen-bond acceptors (Lipinski definition) is 6. The van der Waals surface area contributed by atoms with Crippen molar-refractivity contribution in [1.82, 2.24) is 18.8 Å². The number of alkyl halides is 3. The van der Waals surface area contributed by atoms with Crippen LogP contribution in [0.2, 0.25) is 0 Å². The van der Waals surface area contributed by atoms with Crippen molar-refractivity contribution in [2.75, 3.05) is 13.7 Å². The SMILES string of the molecule is CN1NC(COCc2nc(C(F)(F)F)ccc2C(=O)O)=CN1I. The molecule has 0 fully saturated rings. The van der Waals surface area contributed by atoms with E-state index in [0.29, 0.717) is 11.8 Å². The van der Waals surface area contributed by atoms with Crippen LogP contribution in [0.1, 0.15) is 21.7 Å². The van der Waals surface area contributed by atoms with Crippen molar-refractivity contribution >= 4 is 28.8 Å². The number of halogens is 4. The summed E-state index contributed by atoms with van der Waals surface area (Å²) in [5.41, 5.74) is 1.86. The van der Waals surface area contributed by atoms with Gasteiger partial charge in [-0.2, -0.15) is 13.2 Å². The third-order valence-electron chi connectivity index (χ3n) is 2.85. The molecule has 0 unspecified atom stereocenters. The van der Waals surface area contributed by atoms with Crippen LogP contribution in [0.25, 0.3) is 0 Å². The fourth-order valence-electron chi connectivity index (χ4n) is 1.79. The van der Waals surface area contributed by atoms with Crippen LogP contribution in [-0.4, -0.2) is 38.1 Å². The summed E-state index contributed by atoms with van der Waals surface area (Å²) in [5, 5.41) is 10.7. The van der Waals surface area contributed by atoms with Crippen molar-refractivity contribution < 1.29 is 27.8 Å². The molecule has 2 heterocycles. The van der Waals surface area contributed by atoms with Crippen molar-refractivity contribution in [3.8, 4) is 0 Å². The molecular weight excluding hydrogens is 432 g/mol. The van der Waals surface area contributed by atoms with Crippen LogP contribution in [0.5, 0.6) is 0 Å². The highest BCUT2D eigenvalue weighted by Crippen LogP contribution is 2.28. The van der Waals surface area contributed by atoms with E-state index in [1.54, 1.807) is 21.6 Å². The lowest BCUT2D eigenvalue weighted by Gasteiger charge is -2.17. The van der Waals surface area contributed by atoms with E-state index >= 15 is 0 Å². The van der Waals surface area contributed by atoms with Gasteiger partial charge in [-0.1, -0.05) is 0 Å². The third kappa shape index (κ3) is 4.45. The van der Waals surface area contributed by atoms with Gasteiger partial charge >= 0.3 is 12.1 Å². The van der Waals surface area contributed by atoms with Crippen LogP contribution in [0, 0.1) is 0 Å². The fraction of sp³-hybridized carbons (Fsp3) is 0.333. The largest absolute Gasteiger partial charge is 0.478 e. The number of pyridine rings is 1. The van der Waals surface area contributed by atoms with E-state index < -0.39 is 17.8 Å². The van der Waals surface area contributed by atoms with Gasteiger partial charge in [0.25, 0.3) is 0 Å². The van der Waals surface area contributed by atoms with E-state index in [1.807, 2.05) is 22.9 Å². The maximum Gasteiger partial charge on any atom is 0.433 e. The zero-order valence-corrected chi connectivity index (χ0v) is 13.9. The molecule has 11 heteroatoms. The number of nitrogens with zero attached hydrogens (tertiary/aromatic N) is 3. The summed E-state index contributed by atoms with van der Waals surface area (Å²) in [6, 6.07) is 1.52. The van der Waals surface area contributed by atoms with Gasteiger partial charge in [-0.15, -0.1) is 5.12 Å². The van der Waals surface area contributed by atoms with Crippen molar-refractivity contribution in [3.05, 3.63) is 41.0 Å². The van der Waals surface area contributed by atoms with Gasteiger partial charge in [0.2, 0.25) is 0 Å². The molecule has 0 bridgehead atoms. The number of hydrogen-bond donors (Lipinski definition) is 2. The van der Waals surface area contributed by atoms with E-state index in [2.05, 4.69) is 10.4 Å². The third-order valence-corrected chi connectivity index (χ3v) is 3.77. The second-order valence-corrected chi connectivity index (χ2v) is 5.55. The molecule has 1 aromatic heterocycles. The maximum atomic E-state index is 12.7. The quantitative estimate of drug-likeness (QED) is 0.533. The van der Waals surface area contributed by atoms with Gasteiger partial charge in [0.15, 0.2) is 0 Å². The van der Waals surface area contributed by atoms with Crippen molar-refractivity contribution in [2.24, 2.45) is 0 Å². The zero-order valence-electron chi connectivity index (χ0n) is 11.8. The Hall–Kier alpha value is -1.60. The number of carboxylic acid groups (broad SMARTS) is 1. The summed E-state index contributed by atoms with van der Waals surface area (Å²) in [4.78, 5) is 14.4. The number of aromatic nitrogens is 1. The van der Waals surface area contributed by atoms with E-state index in [1.165, 1.54) is 0 Å². The smallest absolute Gasteiger partial charge is 0.433 e. The average Bonchev–Trinajstić information content (AvgIpc) is 2.76. The molecule has 0 aliphatic carbocycles.